The molecule has 0 fully saturated rings. The number of nitrogens with zero attached hydrogens (tertiary/aromatic N) is 2. The summed E-state index contributed by atoms with van der Waals surface area (Å²) in [4.78, 5) is 14.0. The van der Waals surface area contributed by atoms with Gasteiger partial charge in [-0.3, -0.25) is 0 Å². The van der Waals surface area contributed by atoms with Gasteiger partial charge in [0, 0.05) is 12.4 Å². The van der Waals surface area contributed by atoms with E-state index in [1.807, 2.05) is 17.7 Å². The predicted octanol–water partition coefficient (Wildman–Crippen LogP) is 0.545. The molecule has 1 N–H and O–H groups in total. The molecule has 0 saturated carbocycles. The Labute approximate surface area is 76.0 Å². The number of hydrogen-bond donors (Lipinski definition) is 1. The normalized spacial score (nSPS) is 12.7. The highest BCUT2D eigenvalue weighted by molar-refractivity contribution is 5.67. The number of imidazole rings is 1. The number of carboxylic acid groups (broad SMARTS) is 1. The van der Waals surface area contributed by atoms with Crippen LogP contribution >= 0.6 is 0 Å². The van der Waals surface area contributed by atoms with Gasteiger partial charge in [-0.05, 0) is 6.92 Å². The highest BCUT2D eigenvalue weighted by Gasteiger charge is 2.04. The van der Waals surface area contributed by atoms with Crippen molar-refractivity contribution in [2.75, 3.05) is 13.2 Å². The van der Waals surface area contributed by atoms with Gasteiger partial charge < -0.3 is 14.4 Å². The fraction of sp³-hybridized carbons (Fsp3) is 0.500. The Morgan fingerprint density at radius 2 is 2.54 bits per heavy atom. The number of hydrogen-bond acceptors (Lipinski definition) is 3. The minimum absolute atomic E-state index is 0.113. The van der Waals surface area contributed by atoms with Gasteiger partial charge in [0.05, 0.1) is 19.0 Å². The molecule has 1 aromatic rings. The molecule has 1 atom stereocenters. The summed E-state index contributed by atoms with van der Waals surface area (Å²) in [5.41, 5.74) is 0. The van der Waals surface area contributed by atoms with Gasteiger partial charge in [-0.25, -0.2) is 9.78 Å². The van der Waals surface area contributed by atoms with Crippen LogP contribution in [0.2, 0.25) is 0 Å². The average Bonchev–Trinajstić information content (AvgIpc) is 2.55. The summed E-state index contributed by atoms with van der Waals surface area (Å²) in [5.74, 6) is -0.946. The van der Waals surface area contributed by atoms with Gasteiger partial charge in [0.25, 0.3) is 0 Å². The van der Waals surface area contributed by atoms with Gasteiger partial charge in [-0.2, -0.15) is 0 Å². The van der Waals surface area contributed by atoms with Crippen LogP contribution in [-0.4, -0.2) is 33.8 Å². The summed E-state index contributed by atoms with van der Waals surface area (Å²) in [7, 11) is 0. The molecule has 0 bridgehead atoms. The van der Waals surface area contributed by atoms with Gasteiger partial charge in [0.2, 0.25) is 0 Å². The van der Waals surface area contributed by atoms with Crippen molar-refractivity contribution >= 4 is 5.97 Å². The number of rotatable bonds is 5. The molecule has 5 nitrogen and oxygen atoms in total. The molecule has 72 valence electrons. The molecule has 0 aliphatic carbocycles. The highest BCUT2D eigenvalue weighted by atomic mass is 16.5. The quantitative estimate of drug-likeness (QED) is 0.725. The van der Waals surface area contributed by atoms with Gasteiger partial charge in [-0.15, -0.1) is 0 Å². The Bertz CT molecular complexity index is 258. The van der Waals surface area contributed by atoms with Crippen LogP contribution < -0.4 is 0 Å². The van der Waals surface area contributed by atoms with Crippen LogP contribution in [0.15, 0.2) is 18.7 Å². The van der Waals surface area contributed by atoms with Crippen molar-refractivity contribution in [3.8, 4) is 0 Å². The van der Waals surface area contributed by atoms with E-state index in [2.05, 4.69) is 4.98 Å². The average molecular weight is 184 g/mol. The molecule has 1 heterocycles. The van der Waals surface area contributed by atoms with Gasteiger partial charge >= 0.3 is 5.97 Å². The maximum atomic E-state index is 10.1. The van der Waals surface area contributed by atoms with Crippen molar-refractivity contribution in [2.24, 2.45) is 0 Å². The molecule has 0 aromatic carbocycles. The standard InChI is InChI=1S/C8H12N2O3/c1-7(4-13-5-8(11)12)10-3-2-9-6-10/h2-3,6-7H,4-5H2,1H3,(H,11,12)/t7-/m0/s1. The summed E-state index contributed by atoms with van der Waals surface area (Å²) >= 11 is 0. The molecule has 0 amide bonds. The number of aromatic nitrogens is 2. The number of aliphatic carboxylic acids is 1. The highest BCUT2D eigenvalue weighted by Crippen LogP contribution is 2.03. The van der Waals surface area contributed by atoms with Gasteiger partial charge in [-0.1, -0.05) is 0 Å². The first-order chi connectivity index (χ1) is 6.20. The largest absolute Gasteiger partial charge is 0.480 e. The third kappa shape index (κ3) is 3.25. The van der Waals surface area contributed by atoms with Crippen LogP contribution in [0.25, 0.3) is 0 Å². The van der Waals surface area contributed by atoms with E-state index in [1.165, 1.54) is 0 Å². The van der Waals surface area contributed by atoms with Crippen molar-refractivity contribution in [1.29, 1.82) is 0 Å². The summed E-state index contributed by atoms with van der Waals surface area (Å²) in [6, 6.07) is 0.113. The lowest BCUT2D eigenvalue weighted by atomic mass is 10.4. The number of carbonyl (C=O) groups is 1. The predicted molar refractivity (Wildman–Crippen MR) is 45.4 cm³/mol. The van der Waals surface area contributed by atoms with Crippen LogP contribution in [-0.2, 0) is 9.53 Å². The van der Waals surface area contributed by atoms with Crippen LogP contribution in [0.5, 0.6) is 0 Å². The van der Waals surface area contributed by atoms with Crippen molar-refractivity contribution < 1.29 is 14.6 Å². The van der Waals surface area contributed by atoms with E-state index >= 15 is 0 Å². The summed E-state index contributed by atoms with van der Waals surface area (Å²) < 4.78 is 6.80. The first kappa shape index (κ1) is 9.73. The molecule has 0 saturated heterocycles. The SMILES string of the molecule is C[C@@H](COCC(=O)O)n1ccnc1. The summed E-state index contributed by atoms with van der Waals surface area (Å²) in [5, 5.41) is 8.31. The molecule has 0 aliphatic heterocycles. The van der Waals surface area contributed by atoms with Gasteiger partial charge in [0.15, 0.2) is 0 Å². The van der Waals surface area contributed by atoms with Crippen LogP contribution in [0, 0.1) is 0 Å². The minimum atomic E-state index is -0.946. The molecule has 13 heavy (non-hydrogen) atoms. The summed E-state index contributed by atoms with van der Waals surface area (Å²) in [6.45, 7) is 2.06. The van der Waals surface area contributed by atoms with Crippen molar-refractivity contribution in [1.82, 2.24) is 9.55 Å². The summed E-state index contributed by atoms with van der Waals surface area (Å²) in [6.07, 6.45) is 5.16. The monoisotopic (exact) mass is 184 g/mol. The fourth-order valence-corrected chi connectivity index (χ4v) is 0.933. The van der Waals surface area contributed by atoms with Crippen LogP contribution in [0.1, 0.15) is 13.0 Å². The van der Waals surface area contributed by atoms with Crippen molar-refractivity contribution in [3.63, 3.8) is 0 Å². The third-order valence-electron chi connectivity index (χ3n) is 1.62. The lowest BCUT2D eigenvalue weighted by molar-refractivity contribution is -0.142. The molecule has 1 rings (SSSR count). The molecule has 1 aromatic heterocycles. The Hall–Kier alpha value is -1.36. The van der Waals surface area contributed by atoms with E-state index < -0.39 is 5.97 Å². The lowest BCUT2D eigenvalue weighted by Crippen LogP contribution is -2.14. The maximum absolute atomic E-state index is 10.1. The second-order valence-electron chi connectivity index (χ2n) is 2.77. The van der Waals surface area contributed by atoms with E-state index in [9.17, 15) is 4.79 Å². The lowest BCUT2D eigenvalue weighted by Gasteiger charge is -2.11. The topological polar surface area (TPSA) is 64.3 Å². The first-order valence-electron chi connectivity index (χ1n) is 3.97. The second kappa shape index (κ2) is 4.61. The van der Waals surface area contributed by atoms with Crippen LogP contribution in [0.3, 0.4) is 0 Å². The van der Waals surface area contributed by atoms with E-state index in [0.717, 1.165) is 0 Å². The minimum Gasteiger partial charge on any atom is -0.480 e. The van der Waals surface area contributed by atoms with E-state index in [0.29, 0.717) is 6.61 Å². The van der Waals surface area contributed by atoms with Crippen LogP contribution in [0.4, 0.5) is 0 Å². The van der Waals surface area contributed by atoms with E-state index in [4.69, 9.17) is 9.84 Å². The molecule has 5 heteroatoms. The van der Waals surface area contributed by atoms with E-state index in [-0.39, 0.29) is 12.6 Å². The Morgan fingerprint density at radius 1 is 1.77 bits per heavy atom. The zero-order valence-corrected chi connectivity index (χ0v) is 7.38. The van der Waals surface area contributed by atoms with Crippen molar-refractivity contribution in [2.45, 2.75) is 13.0 Å². The Kier molecular flexibility index (Phi) is 3.45. The molecule has 0 radical (unpaired) electrons. The zero-order valence-electron chi connectivity index (χ0n) is 7.38. The van der Waals surface area contributed by atoms with Gasteiger partial charge in [0.1, 0.15) is 6.61 Å². The molecule has 0 aliphatic rings. The first-order valence-corrected chi connectivity index (χ1v) is 3.97. The molecule has 0 spiro atoms. The smallest absolute Gasteiger partial charge is 0.329 e. The maximum Gasteiger partial charge on any atom is 0.329 e. The molecular weight excluding hydrogens is 172 g/mol. The molecule has 0 unspecified atom stereocenters. The fourth-order valence-electron chi connectivity index (χ4n) is 0.933. The Morgan fingerprint density at radius 3 is 3.08 bits per heavy atom. The third-order valence-corrected chi connectivity index (χ3v) is 1.62. The Balaban J connectivity index is 2.26. The second-order valence-corrected chi connectivity index (χ2v) is 2.77. The number of ether oxygens (including phenoxy) is 1. The van der Waals surface area contributed by atoms with E-state index in [1.54, 1.807) is 12.5 Å². The van der Waals surface area contributed by atoms with Crippen molar-refractivity contribution in [3.05, 3.63) is 18.7 Å². The zero-order chi connectivity index (χ0) is 9.68. The molecular formula is C8H12N2O3. The number of carboxylic acids is 1.